The molecule has 4 aliphatic rings. The van der Waals surface area contributed by atoms with Crippen LogP contribution in [0.25, 0.3) is 12.7 Å². The molecular formula is C30H42N2O3. The zero-order chi connectivity index (χ0) is 25.6. The Balaban J connectivity index is 1.60. The number of nitrogens with two attached hydrogens (primary N) is 1. The van der Waals surface area contributed by atoms with Crippen molar-refractivity contribution in [1.82, 2.24) is 5.32 Å². The van der Waals surface area contributed by atoms with E-state index in [4.69, 9.17) is 5.73 Å². The second kappa shape index (κ2) is 7.30. The predicted octanol–water partition coefficient (Wildman–Crippen LogP) is 4.57. The normalized spacial score (nSPS) is 41.9. The van der Waals surface area contributed by atoms with E-state index in [1.54, 1.807) is 6.07 Å². The van der Waals surface area contributed by atoms with Gasteiger partial charge in [0.05, 0.1) is 0 Å². The van der Waals surface area contributed by atoms with Gasteiger partial charge in [-0.25, -0.2) is 4.79 Å². The SMILES string of the molecule is C=c1c(O)c(O)cc2c1=CC=C1[C@@]2(C)CC[C@@]2(C)[C@@H]3C[C@](C)(CNC(N)=O)CC[C@]3(C)CC[C@]12C. The van der Waals surface area contributed by atoms with Crippen LogP contribution in [0.2, 0.25) is 0 Å². The van der Waals surface area contributed by atoms with Gasteiger partial charge in [-0.05, 0) is 89.4 Å². The zero-order valence-electron chi connectivity index (χ0n) is 22.1. The fourth-order valence-corrected chi connectivity index (χ4v) is 8.90. The smallest absolute Gasteiger partial charge is 0.312 e. The summed E-state index contributed by atoms with van der Waals surface area (Å²) in [6, 6.07) is 1.34. The second-order valence-corrected chi connectivity index (χ2v) is 13.5. The van der Waals surface area contributed by atoms with E-state index in [0.717, 1.165) is 42.9 Å². The zero-order valence-corrected chi connectivity index (χ0v) is 22.1. The van der Waals surface area contributed by atoms with Crippen LogP contribution in [0.1, 0.15) is 85.1 Å². The maximum absolute atomic E-state index is 11.5. The lowest BCUT2D eigenvalue weighted by Crippen LogP contribution is -2.63. The molecule has 1 aromatic rings. The van der Waals surface area contributed by atoms with Crippen LogP contribution in [0.15, 0.2) is 17.7 Å². The molecule has 0 saturated heterocycles. The molecule has 3 fully saturated rings. The predicted molar refractivity (Wildman–Crippen MR) is 140 cm³/mol. The van der Waals surface area contributed by atoms with Gasteiger partial charge >= 0.3 is 6.03 Å². The number of fused-ring (bicyclic) bond motifs is 7. The number of aromatic hydroxyl groups is 2. The van der Waals surface area contributed by atoms with E-state index >= 15 is 0 Å². The largest absolute Gasteiger partial charge is 0.504 e. The van der Waals surface area contributed by atoms with E-state index in [0.29, 0.717) is 23.1 Å². The molecule has 4 aliphatic carbocycles. The average Bonchev–Trinajstić information content (AvgIpc) is 2.80. The van der Waals surface area contributed by atoms with Crippen LogP contribution in [-0.4, -0.2) is 22.8 Å². The van der Waals surface area contributed by atoms with Gasteiger partial charge in [0.2, 0.25) is 0 Å². The maximum atomic E-state index is 11.5. The van der Waals surface area contributed by atoms with E-state index in [9.17, 15) is 15.0 Å². The number of allylic oxidation sites excluding steroid dienone is 2. The minimum Gasteiger partial charge on any atom is -0.504 e. The van der Waals surface area contributed by atoms with Crippen LogP contribution in [0.3, 0.4) is 0 Å². The Hall–Kier alpha value is -2.43. The molecule has 35 heavy (non-hydrogen) atoms. The summed E-state index contributed by atoms with van der Waals surface area (Å²) in [6.07, 6.45) is 12.3. The van der Waals surface area contributed by atoms with Crippen molar-refractivity contribution < 1.29 is 15.0 Å². The number of hydrogen-bond acceptors (Lipinski definition) is 3. The number of nitrogens with one attached hydrogen (secondary N) is 1. The summed E-state index contributed by atoms with van der Waals surface area (Å²) in [4.78, 5) is 11.5. The highest BCUT2D eigenvalue weighted by molar-refractivity contribution is 5.71. The quantitative estimate of drug-likeness (QED) is 0.469. The Bertz CT molecular complexity index is 1250. The number of primary amides is 1. The van der Waals surface area contributed by atoms with Gasteiger partial charge in [0.25, 0.3) is 0 Å². The minimum absolute atomic E-state index is 0.0164. The van der Waals surface area contributed by atoms with Crippen molar-refractivity contribution in [1.29, 1.82) is 0 Å². The number of carbonyl (C=O) groups is 1. The molecule has 5 heteroatoms. The lowest BCUT2D eigenvalue weighted by molar-refractivity contribution is -0.157. The molecule has 0 aliphatic heterocycles. The minimum atomic E-state index is -0.437. The summed E-state index contributed by atoms with van der Waals surface area (Å²) in [5, 5.41) is 25.2. The molecule has 0 spiro atoms. The monoisotopic (exact) mass is 478 g/mol. The lowest BCUT2D eigenvalue weighted by atomic mass is 9.35. The van der Waals surface area contributed by atoms with Crippen molar-refractivity contribution in [3.05, 3.63) is 33.7 Å². The number of phenols is 2. The van der Waals surface area contributed by atoms with Crippen LogP contribution in [0.4, 0.5) is 4.79 Å². The van der Waals surface area contributed by atoms with E-state index in [1.165, 1.54) is 18.4 Å². The Morgan fingerprint density at radius 3 is 2.43 bits per heavy atom. The first-order valence-corrected chi connectivity index (χ1v) is 13.2. The van der Waals surface area contributed by atoms with E-state index in [1.807, 2.05) is 0 Å². The van der Waals surface area contributed by atoms with Crippen LogP contribution >= 0.6 is 0 Å². The molecule has 3 saturated carbocycles. The summed E-state index contributed by atoms with van der Waals surface area (Å²) in [7, 11) is 0. The molecule has 0 bridgehead atoms. The van der Waals surface area contributed by atoms with E-state index < -0.39 is 6.03 Å². The standard InChI is InChI=1S/C30H42N2O3/c1-18-19-7-8-22-28(4,20(19)15-21(33)24(18)34)12-14-30(6)23-16-26(2,17-32-25(31)35)9-10-27(23,3)11-13-29(22,30)5/h7-8,15,23,33-34H,1,9-14,16-17H2,2-6H3,(H3,31,32,35)/t23-,26-,27-,28+,29-,30+/m1/s1. The molecule has 0 heterocycles. The molecule has 0 aromatic heterocycles. The molecule has 190 valence electrons. The number of carbonyl (C=O) groups excluding carboxylic acids is 1. The summed E-state index contributed by atoms with van der Waals surface area (Å²) in [5.41, 5.74) is 8.27. The van der Waals surface area contributed by atoms with Gasteiger partial charge in [0.1, 0.15) is 0 Å². The van der Waals surface area contributed by atoms with Gasteiger partial charge in [-0.1, -0.05) is 58.9 Å². The number of benzene rings is 1. The molecule has 0 radical (unpaired) electrons. The fraction of sp³-hybridized carbons (Fsp3) is 0.633. The highest BCUT2D eigenvalue weighted by Crippen LogP contribution is 2.74. The molecular weight excluding hydrogens is 436 g/mol. The van der Waals surface area contributed by atoms with Crippen molar-refractivity contribution in [3.63, 3.8) is 0 Å². The molecule has 5 N–H and O–H groups in total. The van der Waals surface area contributed by atoms with Gasteiger partial charge in [0.15, 0.2) is 11.5 Å². The molecule has 6 atom stereocenters. The summed E-state index contributed by atoms with van der Waals surface area (Å²) >= 11 is 0. The highest BCUT2D eigenvalue weighted by Gasteiger charge is 2.66. The van der Waals surface area contributed by atoms with Crippen LogP contribution in [0.5, 0.6) is 11.5 Å². The molecule has 1 aromatic carbocycles. The third-order valence-electron chi connectivity index (χ3n) is 11.5. The first-order valence-electron chi connectivity index (χ1n) is 13.2. The fourth-order valence-electron chi connectivity index (χ4n) is 8.90. The first kappa shape index (κ1) is 24.3. The van der Waals surface area contributed by atoms with Crippen molar-refractivity contribution in [2.24, 2.45) is 33.3 Å². The Morgan fingerprint density at radius 2 is 1.74 bits per heavy atom. The van der Waals surface area contributed by atoms with Crippen molar-refractivity contribution in [2.45, 2.75) is 85.0 Å². The average molecular weight is 479 g/mol. The Morgan fingerprint density at radius 1 is 1.06 bits per heavy atom. The number of urea groups is 1. The summed E-state index contributed by atoms with van der Waals surface area (Å²) < 4.78 is 0. The number of phenolic OH excluding ortho intramolecular Hbond substituents is 2. The molecule has 5 nitrogen and oxygen atoms in total. The second-order valence-electron chi connectivity index (χ2n) is 13.5. The summed E-state index contributed by atoms with van der Waals surface area (Å²) in [6.45, 7) is 16.9. The van der Waals surface area contributed by atoms with Gasteiger partial charge < -0.3 is 21.3 Å². The third-order valence-corrected chi connectivity index (χ3v) is 11.5. The van der Waals surface area contributed by atoms with Gasteiger partial charge in [-0.2, -0.15) is 0 Å². The first-order chi connectivity index (χ1) is 16.2. The van der Waals surface area contributed by atoms with Crippen molar-refractivity contribution >= 4 is 18.7 Å². The number of amides is 2. The third kappa shape index (κ3) is 3.15. The summed E-state index contributed by atoms with van der Waals surface area (Å²) in [5.74, 6) is 0.349. The van der Waals surface area contributed by atoms with Gasteiger partial charge in [-0.3, -0.25) is 0 Å². The van der Waals surface area contributed by atoms with Crippen molar-refractivity contribution in [2.75, 3.05) is 6.54 Å². The Kier molecular flexibility index (Phi) is 5.06. The molecule has 2 amide bonds. The van der Waals surface area contributed by atoms with E-state index in [-0.39, 0.29) is 33.2 Å². The molecule has 0 unspecified atom stereocenters. The number of hydrogen-bond donors (Lipinski definition) is 4. The number of rotatable bonds is 2. The van der Waals surface area contributed by atoms with Gasteiger partial charge in [-0.15, -0.1) is 0 Å². The lowest BCUT2D eigenvalue weighted by Gasteiger charge is -2.70. The van der Waals surface area contributed by atoms with E-state index in [2.05, 4.69) is 58.7 Å². The maximum Gasteiger partial charge on any atom is 0.312 e. The molecule has 5 rings (SSSR count). The van der Waals surface area contributed by atoms with Gasteiger partial charge in [0, 0.05) is 17.2 Å². The van der Waals surface area contributed by atoms with Crippen molar-refractivity contribution in [3.8, 4) is 11.5 Å². The Labute approximate surface area is 209 Å². The topological polar surface area (TPSA) is 95.6 Å². The van der Waals surface area contributed by atoms with Crippen LogP contribution in [-0.2, 0) is 5.41 Å². The van der Waals surface area contributed by atoms with Crippen LogP contribution < -0.4 is 21.5 Å². The van der Waals surface area contributed by atoms with Crippen LogP contribution in [0, 0.1) is 27.6 Å². The highest BCUT2D eigenvalue weighted by atomic mass is 16.3.